The number of carbonyl (C=O) groups excluding carboxylic acids is 1. The Hall–Kier alpha value is -3.39. The molecule has 0 fully saturated rings. The number of hydrogen-bond acceptors (Lipinski definition) is 6. The molecule has 0 radical (unpaired) electrons. The van der Waals surface area contributed by atoms with Gasteiger partial charge in [0, 0.05) is 18.2 Å². The van der Waals surface area contributed by atoms with Gasteiger partial charge in [-0.3, -0.25) is 14.0 Å². The molecule has 4 aromatic rings. The third-order valence-electron chi connectivity index (χ3n) is 5.07. The predicted octanol–water partition coefficient (Wildman–Crippen LogP) is 3.47. The lowest BCUT2D eigenvalue weighted by Gasteiger charge is -2.11. The number of nitrogens with zero attached hydrogens (tertiary/aromatic N) is 2. The summed E-state index contributed by atoms with van der Waals surface area (Å²) in [5.41, 5.74) is 4.18. The Kier molecular flexibility index (Phi) is 5.17. The summed E-state index contributed by atoms with van der Waals surface area (Å²) in [7, 11) is 3.15. The lowest BCUT2D eigenvalue weighted by molar-refractivity contribution is 0.0954. The molecule has 7 nitrogen and oxygen atoms in total. The van der Waals surface area contributed by atoms with Gasteiger partial charge in [-0.2, -0.15) is 0 Å². The van der Waals surface area contributed by atoms with Crippen molar-refractivity contribution in [2.24, 2.45) is 0 Å². The average Bonchev–Trinajstić information content (AvgIpc) is 3.09. The maximum absolute atomic E-state index is 12.7. The van der Waals surface area contributed by atoms with E-state index in [2.05, 4.69) is 10.3 Å². The van der Waals surface area contributed by atoms with E-state index in [1.165, 1.54) is 17.4 Å². The summed E-state index contributed by atoms with van der Waals surface area (Å²) in [6.07, 6.45) is 0. The molecule has 0 aliphatic rings. The Labute approximate surface area is 176 Å². The van der Waals surface area contributed by atoms with Gasteiger partial charge in [-0.25, -0.2) is 4.98 Å². The second kappa shape index (κ2) is 7.79. The van der Waals surface area contributed by atoms with Gasteiger partial charge in [0.2, 0.25) is 0 Å². The Bertz CT molecular complexity index is 1340. The first-order valence-electron chi connectivity index (χ1n) is 9.34. The number of hydrogen-bond donors (Lipinski definition) is 1. The molecule has 1 N–H and O–H groups in total. The van der Waals surface area contributed by atoms with Crippen molar-refractivity contribution in [2.75, 3.05) is 14.2 Å². The number of fused-ring (bicyclic) bond motifs is 3. The van der Waals surface area contributed by atoms with Gasteiger partial charge in [-0.15, -0.1) is 0 Å². The summed E-state index contributed by atoms with van der Waals surface area (Å²) < 4.78 is 12.1. The van der Waals surface area contributed by atoms with Gasteiger partial charge in [0.15, 0.2) is 4.96 Å². The van der Waals surface area contributed by atoms with E-state index in [9.17, 15) is 9.59 Å². The molecule has 2 heterocycles. The van der Waals surface area contributed by atoms with E-state index in [0.29, 0.717) is 21.3 Å². The lowest BCUT2D eigenvalue weighted by atomic mass is 10.1. The van der Waals surface area contributed by atoms with Gasteiger partial charge < -0.3 is 14.8 Å². The first kappa shape index (κ1) is 19.9. The number of aromatic nitrogens is 2. The number of aryl methyl sites for hydroxylation is 2. The number of methoxy groups -OCH3 is 2. The molecule has 0 aliphatic carbocycles. The first-order chi connectivity index (χ1) is 14.4. The van der Waals surface area contributed by atoms with Crippen molar-refractivity contribution in [3.8, 4) is 11.5 Å². The van der Waals surface area contributed by atoms with Crippen LogP contribution >= 0.6 is 11.3 Å². The minimum atomic E-state index is -0.344. The molecule has 0 saturated carbocycles. The van der Waals surface area contributed by atoms with Crippen LogP contribution in [-0.4, -0.2) is 29.5 Å². The summed E-state index contributed by atoms with van der Waals surface area (Å²) in [4.78, 5) is 30.8. The zero-order valence-electron chi connectivity index (χ0n) is 17.1. The standard InChI is InChI=1S/C22H21N3O4S/c1-12-7-16-17(8-13(12)2)25-20(26)10-19(30-22(25)24-16)21(27)23-11-14-9-15(28-3)5-6-18(14)29-4/h5-10H,11H2,1-4H3,(H,23,27). The van der Waals surface area contributed by atoms with Crippen molar-refractivity contribution >= 4 is 33.2 Å². The van der Waals surface area contributed by atoms with E-state index in [4.69, 9.17) is 9.47 Å². The lowest BCUT2D eigenvalue weighted by Crippen LogP contribution is -2.24. The number of imidazole rings is 1. The number of carbonyl (C=O) groups is 1. The molecule has 2 aromatic heterocycles. The molecular weight excluding hydrogens is 402 g/mol. The molecule has 0 bridgehead atoms. The van der Waals surface area contributed by atoms with E-state index in [-0.39, 0.29) is 18.0 Å². The topological polar surface area (TPSA) is 81.9 Å². The maximum atomic E-state index is 12.7. The Balaban J connectivity index is 1.66. The largest absolute Gasteiger partial charge is 0.497 e. The number of amides is 1. The van der Waals surface area contributed by atoms with E-state index < -0.39 is 0 Å². The van der Waals surface area contributed by atoms with Crippen molar-refractivity contribution in [1.82, 2.24) is 14.7 Å². The van der Waals surface area contributed by atoms with Crippen LogP contribution in [0, 0.1) is 13.8 Å². The third-order valence-corrected chi connectivity index (χ3v) is 6.05. The maximum Gasteiger partial charge on any atom is 0.261 e. The van der Waals surface area contributed by atoms with Crippen LogP contribution in [0.3, 0.4) is 0 Å². The molecule has 154 valence electrons. The smallest absolute Gasteiger partial charge is 0.261 e. The van der Waals surface area contributed by atoms with Gasteiger partial charge in [0.25, 0.3) is 11.5 Å². The van der Waals surface area contributed by atoms with Crippen LogP contribution in [0.25, 0.3) is 16.0 Å². The molecule has 8 heteroatoms. The Morgan fingerprint density at radius 1 is 1.10 bits per heavy atom. The first-order valence-corrected chi connectivity index (χ1v) is 10.2. The van der Waals surface area contributed by atoms with E-state index in [1.54, 1.807) is 36.8 Å². The van der Waals surface area contributed by atoms with E-state index in [0.717, 1.165) is 27.7 Å². The van der Waals surface area contributed by atoms with Crippen LogP contribution in [0.5, 0.6) is 11.5 Å². The molecule has 0 unspecified atom stereocenters. The summed E-state index contributed by atoms with van der Waals surface area (Å²) in [6.45, 7) is 4.24. The molecule has 1 amide bonds. The van der Waals surface area contributed by atoms with Crippen LogP contribution in [0.2, 0.25) is 0 Å². The second-order valence-corrected chi connectivity index (χ2v) is 7.97. The number of nitrogens with one attached hydrogen (secondary N) is 1. The second-order valence-electron chi connectivity index (χ2n) is 6.96. The van der Waals surface area contributed by atoms with Gasteiger partial charge in [0.1, 0.15) is 16.4 Å². The highest BCUT2D eigenvalue weighted by atomic mass is 32.1. The third kappa shape index (κ3) is 3.50. The summed E-state index contributed by atoms with van der Waals surface area (Å²) in [5.74, 6) is 0.967. The molecule has 30 heavy (non-hydrogen) atoms. The highest BCUT2D eigenvalue weighted by molar-refractivity contribution is 7.18. The normalized spacial score (nSPS) is 11.1. The molecule has 4 rings (SSSR count). The predicted molar refractivity (Wildman–Crippen MR) is 117 cm³/mol. The van der Waals surface area contributed by atoms with Gasteiger partial charge >= 0.3 is 0 Å². The highest BCUT2D eigenvalue weighted by Crippen LogP contribution is 2.25. The fourth-order valence-electron chi connectivity index (χ4n) is 3.29. The van der Waals surface area contributed by atoms with Crippen LogP contribution in [0.15, 0.2) is 41.2 Å². The van der Waals surface area contributed by atoms with Crippen LogP contribution in [0.4, 0.5) is 0 Å². The minimum absolute atomic E-state index is 0.236. The number of rotatable bonds is 5. The molecule has 0 saturated heterocycles. The summed E-state index contributed by atoms with van der Waals surface area (Å²) in [6, 6.07) is 10.6. The van der Waals surface area contributed by atoms with Crippen LogP contribution in [-0.2, 0) is 6.54 Å². The fourth-order valence-corrected chi connectivity index (χ4v) is 4.24. The van der Waals surface area contributed by atoms with E-state index in [1.807, 2.05) is 26.0 Å². The van der Waals surface area contributed by atoms with Crippen molar-refractivity contribution in [3.63, 3.8) is 0 Å². The SMILES string of the molecule is COc1ccc(OC)c(CNC(=O)c2cc(=O)n3c(nc4cc(C)c(C)cc43)s2)c1. The highest BCUT2D eigenvalue weighted by Gasteiger charge is 2.15. The molecule has 0 spiro atoms. The fraction of sp³-hybridized carbons (Fsp3) is 0.227. The van der Waals surface area contributed by atoms with Crippen molar-refractivity contribution in [2.45, 2.75) is 20.4 Å². The summed E-state index contributed by atoms with van der Waals surface area (Å²) >= 11 is 1.18. The number of ether oxygens (including phenoxy) is 2. The number of benzene rings is 2. The zero-order chi connectivity index (χ0) is 21.4. The van der Waals surface area contributed by atoms with Gasteiger partial charge in [0.05, 0.1) is 25.3 Å². The average molecular weight is 423 g/mol. The summed E-state index contributed by atoms with van der Waals surface area (Å²) in [5, 5.41) is 2.85. The minimum Gasteiger partial charge on any atom is -0.497 e. The monoisotopic (exact) mass is 423 g/mol. The molecular formula is C22H21N3O4S. The van der Waals surface area contributed by atoms with Crippen molar-refractivity contribution in [3.05, 3.63) is 68.3 Å². The van der Waals surface area contributed by atoms with Crippen molar-refractivity contribution < 1.29 is 14.3 Å². The van der Waals surface area contributed by atoms with Crippen LogP contribution < -0.4 is 20.3 Å². The van der Waals surface area contributed by atoms with E-state index >= 15 is 0 Å². The molecule has 0 atom stereocenters. The van der Waals surface area contributed by atoms with Gasteiger partial charge in [-0.05, 0) is 55.3 Å². The van der Waals surface area contributed by atoms with Crippen LogP contribution in [0.1, 0.15) is 26.4 Å². The molecule has 2 aromatic carbocycles. The quantitative estimate of drug-likeness (QED) is 0.532. The molecule has 0 aliphatic heterocycles. The Morgan fingerprint density at radius 2 is 1.87 bits per heavy atom. The zero-order valence-corrected chi connectivity index (χ0v) is 17.9. The Morgan fingerprint density at radius 3 is 2.60 bits per heavy atom. The van der Waals surface area contributed by atoms with Crippen molar-refractivity contribution in [1.29, 1.82) is 0 Å². The van der Waals surface area contributed by atoms with Gasteiger partial charge in [-0.1, -0.05) is 11.3 Å².